The first-order chi connectivity index (χ1) is 13.1. The topological polar surface area (TPSA) is 70.3 Å². The molecule has 0 saturated carbocycles. The van der Waals surface area contributed by atoms with E-state index in [9.17, 15) is 4.79 Å². The Labute approximate surface area is 161 Å². The van der Waals surface area contributed by atoms with E-state index in [4.69, 9.17) is 9.15 Å². The zero-order chi connectivity index (χ0) is 19.2. The zero-order valence-corrected chi connectivity index (χ0v) is 16.7. The molecule has 0 radical (unpaired) electrons. The second-order valence-corrected chi connectivity index (χ2v) is 7.42. The second kappa shape index (κ2) is 9.26. The number of hydrogen-bond acceptors (Lipinski definition) is 5. The van der Waals surface area contributed by atoms with Crippen molar-refractivity contribution in [2.75, 3.05) is 46.9 Å². The van der Waals surface area contributed by atoms with Gasteiger partial charge in [-0.3, -0.25) is 14.7 Å². The highest BCUT2D eigenvalue weighted by atomic mass is 16.5. The molecule has 1 aromatic heterocycles. The number of likely N-dealkylation sites (tertiary alicyclic amines) is 2. The Hall–Kier alpha value is -2.02. The summed E-state index contributed by atoms with van der Waals surface area (Å²) >= 11 is 0. The van der Waals surface area contributed by atoms with Crippen LogP contribution in [0.15, 0.2) is 21.5 Å². The number of nitrogens with one attached hydrogen (secondary N) is 1. The molecule has 0 aliphatic carbocycles. The number of piperidine rings is 1. The van der Waals surface area contributed by atoms with Crippen LogP contribution in [0.3, 0.4) is 0 Å². The number of aliphatic imine (C=N–C) groups is 1. The Morgan fingerprint density at radius 3 is 2.56 bits per heavy atom. The van der Waals surface area contributed by atoms with Crippen molar-refractivity contribution in [2.45, 2.75) is 38.6 Å². The fourth-order valence-corrected chi connectivity index (χ4v) is 4.11. The third kappa shape index (κ3) is 4.83. The van der Waals surface area contributed by atoms with Crippen LogP contribution < -0.4 is 5.32 Å². The maximum absolute atomic E-state index is 11.7. The first-order valence-electron chi connectivity index (χ1n) is 9.96. The highest BCUT2D eigenvalue weighted by Gasteiger charge is 2.29. The van der Waals surface area contributed by atoms with Crippen LogP contribution in [-0.4, -0.2) is 68.6 Å². The third-order valence-electron chi connectivity index (χ3n) is 5.67. The predicted octanol–water partition coefficient (Wildman–Crippen LogP) is 2.19. The van der Waals surface area contributed by atoms with Gasteiger partial charge >= 0.3 is 5.97 Å². The maximum atomic E-state index is 11.7. The van der Waals surface area contributed by atoms with E-state index < -0.39 is 0 Å². The SMILES string of the molecule is CN=C(NCC(c1ccc(C)o1)N1CCCC1)N1CCC(C(=O)OC)CC1. The standard InChI is InChI=1S/C20H32N4O3/c1-15-6-7-18(27-15)17(23-10-4-5-11-23)14-22-20(21-2)24-12-8-16(9-13-24)19(25)26-3/h6-7,16-17H,4-5,8-14H2,1-3H3,(H,21,22). The molecule has 150 valence electrons. The average molecular weight is 377 g/mol. The first-order valence-corrected chi connectivity index (χ1v) is 9.96. The molecule has 1 aromatic rings. The zero-order valence-electron chi connectivity index (χ0n) is 16.7. The van der Waals surface area contributed by atoms with Gasteiger partial charge in [-0.05, 0) is 57.8 Å². The molecule has 2 saturated heterocycles. The molecule has 2 aliphatic rings. The lowest BCUT2D eigenvalue weighted by molar-refractivity contribution is -0.146. The van der Waals surface area contributed by atoms with E-state index in [1.807, 2.05) is 20.0 Å². The lowest BCUT2D eigenvalue weighted by atomic mass is 9.97. The number of aryl methyl sites for hydroxylation is 1. The number of furan rings is 1. The van der Waals surface area contributed by atoms with Crippen molar-refractivity contribution >= 4 is 11.9 Å². The van der Waals surface area contributed by atoms with E-state index in [0.29, 0.717) is 0 Å². The smallest absolute Gasteiger partial charge is 0.308 e. The fourth-order valence-electron chi connectivity index (χ4n) is 4.11. The van der Waals surface area contributed by atoms with Crippen LogP contribution in [-0.2, 0) is 9.53 Å². The second-order valence-electron chi connectivity index (χ2n) is 7.42. The van der Waals surface area contributed by atoms with E-state index >= 15 is 0 Å². The number of ether oxygens (including phenoxy) is 1. The van der Waals surface area contributed by atoms with E-state index in [1.165, 1.54) is 20.0 Å². The molecule has 3 rings (SSSR count). The van der Waals surface area contributed by atoms with Gasteiger partial charge in [0.2, 0.25) is 0 Å². The number of hydrogen-bond donors (Lipinski definition) is 1. The minimum absolute atomic E-state index is 0.00722. The summed E-state index contributed by atoms with van der Waals surface area (Å²) in [6.07, 6.45) is 4.10. The Balaban J connectivity index is 1.59. The molecular formula is C20H32N4O3. The summed E-state index contributed by atoms with van der Waals surface area (Å²) in [6, 6.07) is 4.33. The molecule has 2 aliphatic heterocycles. The van der Waals surface area contributed by atoms with Gasteiger partial charge in [0.05, 0.1) is 19.1 Å². The maximum Gasteiger partial charge on any atom is 0.308 e. The molecule has 2 fully saturated rings. The molecule has 0 aromatic carbocycles. The quantitative estimate of drug-likeness (QED) is 0.483. The van der Waals surface area contributed by atoms with E-state index in [-0.39, 0.29) is 17.9 Å². The molecule has 7 nitrogen and oxygen atoms in total. The fraction of sp³-hybridized carbons (Fsp3) is 0.700. The van der Waals surface area contributed by atoms with Gasteiger partial charge in [0, 0.05) is 26.7 Å². The summed E-state index contributed by atoms with van der Waals surface area (Å²) in [5.74, 6) is 2.77. The normalized spacial score (nSPS) is 20.7. The van der Waals surface area contributed by atoms with Crippen molar-refractivity contribution in [3.8, 4) is 0 Å². The van der Waals surface area contributed by atoms with Gasteiger partial charge in [-0.15, -0.1) is 0 Å². The Morgan fingerprint density at radius 2 is 2.00 bits per heavy atom. The average Bonchev–Trinajstić information content (AvgIpc) is 3.37. The summed E-state index contributed by atoms with van der Waals surface area (Å²) in [4.78, 5) is 20.9. The largest absolute Gasteiger partial charge is 0.469 e. The molecule has 1 atom stereocenters. The highest BCUT2D eigenvalue weighted by molar-refractivity contribution is 5.80. The van der Waals surface area contributed by atoms with Gasteiger partial charge in [-0.2, -0.15) is 0 Å². The van der Waals surface area contributed by atoms with Crippen molar-refractivity contribution in [3.63, 3.8) is 0 Å². The van der Waals surface area contributed by atoms with Crippen LogP contribution in [0.4, 0.5) is 0 Å². The minimum atomic E-state index is -0.0973. The van der Waals surface area contributed by atoms with Gasteiger partial charge in [-0.1, -0.05) is 0 Å². The molecule has 3 heterocycles. The van der Waals surface area contributed by atoms with E-state index in [1.54, 1.807) is 0 Å². The molecule has 27 heavy (non-hydrogen) atoms. The number of nitrogens with zero attached hydrogens (tertiary/aromatic N) is 3. The molecule has 0 spiro atoms. The van der Waals surface area contributed by atoms with Crippen LogP contribution in [0.5, 0.6) is 0 Å². The Morgan fingerprint density at radius 1 is 1.30 bits per heavy atom. The first kappa shape index (κ1) is 19.7. The molecule has 1 N–H and O–H groups in total. The van der Waals surface area contributed by atoms with Crippen molar-refractivity contribution in [1.29, 1.82) is 0 Å². The summed E-state index contributed by atoms with van der Waals surface area (Å²) in [5.41, 5.74) is 0. The monoisotopic (exact) mass is 376 g/mol. The lowest BCUT2D eigenvalue weighted by Gasteiger charge is -2.34. The number of guanidine groups is 1. The van der Waals surface area contributed by atoms with Crippen LogP contribution in [0.1, 0.15) is 43.2 Å². The summed E-state index contributed by atoms with van der Waals surface area (Å²) in [7, 11) is 3.28. The lowest BCUT2D eigenvalue weighted by Crippen LogP contribution is -2.48. The van der Waals surface area contributed by atoms with Gasteiger partial charge in [0.1, 0.15) is 11.5 Å². The Kier molecular flexibility index (Phi) is 6.77. The summed E-state index contributed by atoms with van der Waals surface area (Å²) in [6.45, 7) is 6.59. The predicted molar refractivity (Wildman–Crippen MR) is 105 cm³/mol. The number of rotatable bonds is 5. The van der Waals surface area contributed by atoms with Crippen molar-refractivity contribution < 1.29 is 13.9 Å². The summed E-state index contributed by atoms with van der Waals surface area (Å²) in [5, 5.41) is 3.54. The third-order valence-corrected chi connectivity index (χ3v) is 5.67. The molecule has 7 heteroatoms. The van der Waals surface area contributed by atoms with Gasteiger partial charge in [-0.25, -0.2) is 0 Å². The minimum Gasteiger partial charge on any atom is -0.469 e. The van der Waals surface area contributed by atoms with Gasteiger partial charge in [0.25, 0.3) is 0 Å². The van der Waals surface area contributed by atoms with Crippen molar-refractivity contribution in [3.05, 3.63) is 23.7 Å². The number of carbonyl (C=O) groups is 1. The summed E-state index contributed by atoms with van der Waals surface area (Å²) < 4.78 is 10.8. The van der Waals surface area contributed by atoms with Crippen molar-refractivity contribution in [1.82, 2.24) is 15.1 Å². The van der Waals surface area contributed by atoms with E-state index in [2.05, 4.69) is 26.2 Å². The molecule has 0 amide bonds. The highest BCUT2D eigenvalue weighted by Crippen LogP contribution is 2.26. The molecule has 0 bridgehead atoms. The van der Waals surface area contributed by atoms with Gasteiger partial charge in [0.15, 0.2) is 5.96 Å². The number of methoxy groups -OCH3 is 1. The number of esters is 1. The molecule has 1 unspecified atom stereocenters. The van der Waals surface area contributed by atoms with E-state index in [0.717, 1.165) is 63.0 Å². The van der Waals surface area contributed by atoms with Crippen molar-refractivity contribution in [2.24, 2.45) is 10.9 Å². The number of carbonyl (C=O) groups excluding carboxylic acids is 1. The Bertz CT molecular complexity index is 643. The van der Waals surface area contributed by atoms with Crippen LogP contribution in [0.25, 0.3) is 0 Å². The van der Waals surface area contributed by atoms with Crippen LogP contribution >= 0.6 is 0 Å². The van der Waals surface area contributed by atoms with Gasteiger partial charge < -0.3 is 19.4 Å². The molecular weight excluding hydrogens is 344 g/mol. The van der Waals surface area contributed by atoms with Crippen LogP contribution in [0.2, 0.25) is 0 Å². The van der Waals surface area contributed by atoms with Crippen LogP contribution in [0, 0.1) is 12.8 Å².